The number of phenolic OH excluding ortho intramolecular Hbond substituents is 1. The molecule has 0 radical (unpaired) electrons. The number of hydrogen-bond acceptors (Lipinski definition) is 12. The van der Waals surface area contributed by atoms with Crippen LogP contribution in [0.3, 0.4) is 0 Å². The summed E-state index contributed by atoms with van der Waals surface area (Å²) in [6, 6.07) is 4.33. The maximum atomic E-state index is 10.2. The number of phenols is 1. The Morgan fingerprint density at radius 3 is 1.97 bits per heavy atom. The van der Waals surface area contributed by atoms with E-state index >= 15 is 0 Å². The van der Waals surface area contributed by atoms with E-state index in [9.17, 15) is 40.9 Å². The number of ether oxygens (including phenoxy) is 4. The van der Waals surface area contributed by atoms with E-state index in [1.165, 1.54) is 12.1 Å². The maximum absolute atomic E-state index is 10.2. The van der Waals surface area contributed by atoms with E-state index in [-0.39, 0.29) is 11.5 Å². The van der Waals surface area contributed by atoms with Gasteiger partial charge in [0.05, 0.1) is 13.2 Å². The molecule has 31 heavy (non-hydrogen) atoms. The SMILES string of the molecule is Cc1cc(O)cc(O[C@H]2O[C@H](CO[C@H]3O[C@H](CO)[C@@H](O)[C@H](O)[C@H]3O)[C@@H](O)[C@H](O)[C@H]2O)c1. The highest BCUT2D eigenvalue weighted by Gasteiger charge is 2.47. The molecule has 8 N–H and O–H groups in total. The van der Waals surface area contributed by atoms with Gasteiger partial charge in [0, 0.05) is 6.07 Å². The summed E-state index contributed by atoms with van der Waals surface area (Å²) in [6.45, 7) is 0.602. The molecule has 2 saturated heterocycles. The van der Waals surface area contributed by atoms with Crippen molar-refractivity contribution in [3.63, 3.8) is 0 Å². The third-order valence-electron chi connectivity index (χ3n) is 5.23. The van der Waals surface area contributed by atoms with Gasteiger partial charge in [-0.3, -0.25) is 0 Å². The van der Waals surface area contributed by atoms with Gasteiger partial charge in [0.15, 0.2) is 6.29 Å². The minimum absolute atomic E-state index is 0.0802. The third kappa shape index (κ3) is 5.26. The molecular formula is C19H28O12. The van der Waals surface area contributed by atoms with Gasteiger partial charge in [-0.15, -0.1) is 0 Å². The number of aliphatic hydroxyl groups is 7. The van der Waals surface area contributed by atoms with Gasteiger partial charge >= 0.3 is 0 Å². The zero-order chi connectivity index (χ0) is 22.9. The monoisotopic (exact) mass is 448 g/mol. The summed E-state index contributed by atoms with van der Waals surface area (Å²) >= 11 is 0. The quantitative estimate of drug-likeness (QED) is 0.216. The van der Waals surface area contributed by atoms with Crippen LogP contribution in [0.4, 0.5) is 0 Å². The summed E-state index contributed by atoms with van der Waals surface area (Å²) in [5.41, 5.74) is 0.670. The Morgan fingerprint density at radius 1 is 0.774 bits per heavy atom. The normalized spacial score (nSPS) is 41.2. The molecule has 0 unspecified atom stereocenters. The molecule has 10 atom stereocenters. The molecule has 0 amide bonds. The number of aromatic hydroxyl groups is 1. The molecule has 1 aromatic rings. The van der Waals surface area contributed by atoms with Gasteiger partial charge in [-0.2, -0.15) is 0 Å². The van der Waals surface area contributed by atoms with Gasteiger partial charge < -0.3 is 59.8 Å². The summed E-state index contributed by atoms with van der Waals surface area (Å²) in [4.78, 5) is 0. The minimum Gasteiger partial charge on any atom is -0.508 e. The molecule has 0 bridgehead atoms. The summed E-state index contributed by atoms with van der Waals surface area (Å²) < 4.78 is 21.6. The molecule has 2 heterocycles. The lowest BCUT2D eigenvalue weighted by atomic mass is 9.98. The van der Waals surface area contributed by atoms with Crippen LogP contribution in [0.1, 0.15) is 5.56 Å². The van der Waals surface area contributed by atoms with Crippen LogP contribution in [0.15, 0.2) is 18.2 Å². The molecule has 0 saturated carbocycles. The predicted octanol–water partition coefficient (Wildman–Crippen LogP) is -3.30. The van der Waals surface area contributed by atoms with E-state index in [0.29, 0.717) is 5.56 Å². The molecular weight excluding hydrogens is 420 g/mol. The van der Waals surface area contributed by atoms with E-state index in [1.54, 1.807) is 13.0 Å². The Kier molecular flexibility index (Phi) is 7.70. The van der Waals surface area contributed by atoms with E-state index in [4.69, 9.17) is 18.9 Å². The standard InChI is InChI=1S/C19H28O12/c1-7-2-8(21)4-9(3-7)29-19-17(27)15(25)13(23)11(31-19)6-28-18-16(26)14(24)12(22)10(5-20)30-18/h2-4,10-27H,5-6H2,1H3/t10-,11-,12-,13-,14+,15+,16-,17-,18+,19+/m1/s1. The number of hydrogen-bond donors (Lipinski definition) is 8. The van der Waals surface area contributed by atoms with Crippen LogP contribution < -0.4 is 4.74 Å². The second-order valence-corrected chi connectivity index (χ2v) is 7.67. The van der Waals surface area contributed by atoms with Crippen molar-refractivity contribution in [3.8, 4) is 11.5 Å². The molecule has 2 fully saturated rings. The smallest absolute Gasteiger partial charge is 0.229 e. The second kappa shape index (κ2) is 9.92. The van der Waals surface area contributed by atoms with Crippen molar-refractivity contribution in [3.05, 3.63) is 23.8 Å². The number of rotatable bonds is 6. The highest BCUT2D eigenvalue weighted by molar-refractivity contribution is 5.37. The van der Waals surface area contributed by atoms with Gasteiger partial charge in [0.2, 0.25) is 6.29 Å². The number of aryl methyl sites for hydroxylation is 1. The fourth-order valence-electron chi connectivity index (χ4n) is 3.48. The van der Waals surface area contributed by atoms with Crippen molar-refractivity contribution in [2.45, 2.75) is 68.3 Å². The molecule has 1 aromatic carbocycles. The Bertz CT molecular complexity index is 710. The maximum Gasteiger partial charge on any atom is 0.229 e. The molecule has 0 spiro atoms. The van der Waals surface area contributed by atoms with Crippen molar-refractivity contribution in [2.24, 2.45) is 0 Å². The predicted molar refractivity (Wildman–Crippen MR) is 99.9 cm³/mol. The fraction of sp³-hybridized carbons (Fsp3) is 0.684. The molecule has 12 heteroatoms. The first-order valence-corrected chi connectivity index (χ1v) is 9.71. The number of aliphatic hydroxyl groups excluding tert-OH is 7. The van der Waals surface area contributed by atoms with Gasteiger partial charge in [-0.25, -0.2) is 0 Å². The highest BCUT2D eigenvalue weighted by atomic mass is 16.7. The molecule has 3 rings (SSSR count). The van der Waals surface area contributed by atoms with Gasteiger partial charge in [0.25, 0.3) is 0 Å². The van der Waals surface area contributed by atoms with Crippen LogP contribution in [-0.2, 0) is 14.2 Å². The summed E-state index contributed by atoms with van der Waals surface area (Å²) in [7, 11) is 0. The molecule has 12 nitrogen and oxygen atoms in total. The van der Waals surface area contributed by atoms with Crippen LogP contribution in [-0.4, -0.2) is 115 Å². The second-order valence-electron chi connectivity index (χ2n) is 7.67. The first-order valence-electron chi connectivity index (χ1n) is 9.71. The Hall–Kier alpha value is -1.58. The van der Waals surface area contributed by atoms with E-state index in [0.717, 1.165) is 0 Å². The lowest BCUT2D eigenvalue weighted by molar-refractivity contribution is -0.323. The average Bonchev–Trinajstić information content (AvgIpc) is 2.72. The molecule has 0 aliphatic carbocycles. The Balaban J connectivity index is 1.66. The third-order valence-corrected chi connectivity index (χ3v) is 5.23. The van der Waals surface area contributed by atoms with Crippen molar-refractivity contribution in [2.75, 3.05) is 13.2 Å². The fourth-order valence-corrected chi connectivity index (χ4v) is 3.48. The summed E-state index contributed by atoms with van der Waals surface area (Å²) in [5, 5.41) is 79.2. The number of benzene rings is 1. The van der Waals surface area contributed by atoms with Crippen LogP contribution in [0.25, 0.3) is 0 Å². The van der Waals surface area contributed by atoms with E-state index in [1.807, 2.05) is 0 Å². The lowest BCUT2D eigenvalue weighted by Crippen LogP contribution is -2.62. The largest absolute Gasteiger partial charge is 0.508 e. The topological polar surface area (TPSA) is 199 Å². The van der Waals surface area contributed by atoms with Gasteiger partial charge in [0.1, 0.15) is 60.3 Å². The van der Waals surface area contributed by atoms with Crippen LogP contribution in [0, 0.1) is 6.92 Å². The highest BCUT2D eigenvalue weighted by Crippen LogP contribution is 2.28. The zero-order valence-corrected chi connectivity index (χ0v) is 16.6. The lowest BCUT2D eigenvalue weighted by Gasteiger charge is -2.42. The van der Waals surface area contributed by atoms with Crippen molar-refractivity contribution >= 4 is 0 Å². The van der Waals surface area contributed by atoms with E-state index in [2.05, 4.69) is 0 Å². The van der Waals surface area contributed by atoms with Gasteiger partial charge in [-0.1, -0.05) is 0 Å². The Labute approximate surface area is 177 Å². The van der Waals surface area contributed by atoms with Crippen LogP contribution in [0.5, 0.6) is 11.5 Å². The van der Waals surface area contributed by atoms with E-state index < -0.39 is 74.6 Å². The minimum atomic E-state index is -1.67. The van der Waals surface area contributed by atoms with Crippen molar-refractivity contribution in [1.29, 1.82) is 0 Å². The first kappa shape index (κ1) is 24.1. The molecule has 2 aliphatic rings. The molecule has 2 aliphatic heterocycles. The van der Waals surface area contributed by atoms with Crippen molar-refractivity contribution < 1.29 is 59.8 Å². The summed E-state index contributed by atoms with van der Waals surface area (Å²) in [5.74, 6) is 0.0714. The molecule has 176 valence electrons. The van der Waals surface area contributed by atoms with Gasteiger partial charge in [-0.05, 0) is 24.6 Å². The summed E-state index contributed by atoms with van der Waals surface area (Å²) in [6.07, 6.45) is -15.1. The average molecular weight is 448 g/mol. The van der Waals surface area contributed by atoms with Crippen LogP contribution >= 0.6 is 0 Å². The van der Waals surface area contributed by atoms with Crippen LogP contribution in [0.2, 0.25) is 0 Å². The molecule has 0 aromatic heterocycles. The Morgan fingerprint density at radius 2 is 1.35 bits per heavy atom. The zero-order valence-electron chi connectivity index (χ0n) is 16.6. The first-order chi connectivity index (χ1) is 14.6. The van der Waals surface area contributed by atoms with Crippen molar-refractivity contribution in [1.82, 2.24) is 0 Å².